The van der Waals surface area contributed by atoms with Gasteiger partial charge in [-0.05, 0) is 40.8 Å². The van der Waals surface area contributed by atoms with E-state index in [-0.39, 0.29) is 6.10 Å². The number of fused-ring (bicyclic) bond motifs is 2. The first-order chi connectivity index (χ1) is 13.3. The maximum absolute atomic E-state index is 6.09. The molecular formula is C23H23NOS2. The van der Waals surface area contributed by atoms with Gasteiger partial charge in [0.25, 0.3) is 0 Å². The summed E-state index contributed by atoms with van der Waals surface area (Å²) in [5.74, 6) is 1.94. The van der Waals surface area contributed by atoms with Crippen molar-refractivity contribution in [3.05, 3.63) is 77.9 Å². The predicted molar refractivity (Wildman–Crippen MR) is 120 cm³/mol. The van der Waals surface area contributed by atoms with Gasteiger partial charge in [0.05, 0.1) is 0 Å². The van der Waals surface area contributed by atoms with Crippen LogP contribution in [0.1, 0.15) is 24.0 Å². The second-order valence-electron chi connectivity index (χ2n) is 6.86. The number of hydrogen-bond acceptors (Lipinski definition) is 3. The summed E-state index contributed by atoms with van der Waals surface area (Å²) < 4.78 is 6.95. The second kappa shape index (κ2) is 8.77. The highest BCUT2D eigenvalue weighted by molar-refractivity contribution is 8.22. The van der Waals surface area contributed by atoms with E-state index in [2.05, 4.69) is 66.0 Å². The number of ether oxygens (including phenoxy) is 1. The summed E-state index contributed by atoms with van der Waals surface area (Å²) in [5, 5.41) is 5.94. The fourth-order valence-corrected chi connectivity index (χ4v) is 4.41. The van der Waals surface area contributed by atoms with Crippen LogP contribution in [0.3, 0.4) is 0 Å². The van der Waals surface area contributed by atoms with Crippen LogP contribution in [-0.4, -0.2) is 17.0 Å². The molecule has 1 aliphatic rings. The van der Waals surface area contributed by atoms with Crippen LogP contribution in [0, 0.1) is 0 Å². The lowest BCUT2D eigenvalue weighted by Crippen LogP contribution is -2.29. The molecule has 0 saturated heterocycles. The predicted octanol–water partition coefficient (Wildman–Crippen LogP) is 5.73. The molecule has 1 atom stereocenters. The number of rotatable bonds is 5. The van der Waals surface area contributed by atoms with Crippen LogP contribution in [0.4, 0.5) is 0 Å². The third kappa shape index (κ3) is 4.82. The summed E-state index contributed by atoms with van der Waals surface area (Å²) in [5.41, 5.74) is 2.62. The quantitative estimate of drug-likeness (QED) is 0.559. The molecule has 1 aliphatic heterocycles. The molecule has 2 nitrogen and oxygen atoms in total. The summed E-state index contributed by atoms with van der Waals surface area (Å²) in [4.78, 5) is 0. The lowest BCUT2D eigenvalue weighted by molar-refractivity contribution is 0.165. The monoisotopic (exact) mass is 393 g/mol. The first kappa shape index (κ1) is 18.3. The lowest BCUT2D eigenvalue weighted by atomic mass is 10.0. The number of hydrogen-bond donors (Lipinski definition) is 1. The molecule has 3 aromatic carbocycles. The Morgan fingerprint density at radius 3 is 2.78 bits per heavy atom. The van der Waals surface area contributed by atoms with Gasteiger partial charge < -0.3 is 10.1 Å². The molecule has 0 radical (unpaired) electrons. The van der Waals surface area contributed by atoms with E-state index in [1.807, 2.05) is 6.07 Å². The Balaban J connectivity index is 1.21. The molecule has 1 unspecified atom stereocenters. The van der Waals surface area contributed by atoms with Crippen molar-refractivity contribution >= 4 is 39.1 Å². The van der Waals surface area contributed by atoms with E-state index in [4.69, 9.17) is 17.0 Å². The van der Waals surface area contributed by atoms with E-state index in [0.29, 0.717) is 0 Å². The van der Waals surface area contributed by atoms with Gasteiger partial charge in [-0.15, -0.1) is 0 Å². The van der Waals surface area contributed by atoms with Crippen molar-refractivity contribution in [1.82, 2.24) is 5.32 Å². The zero-order chi connectivity index (χ0) is 18.5. The van der Waals surface area contributed by atoms with Crippen molar-refractivity contribution in [2.45, 2.75) is 31.1 Å². The third-order valence-corrected chi connectivity index (χ3v) is 6.30. The van der Waals surface area contributed by atoms with Gasteiger partial charge in [0.2, 0.25) is 0 Å². The van der Waals surface area contributed by atoms with E-state index >= 15 is 0 Å². The van der Waals surface area contributed by atoms with Crippen LogP contribution < -0.4 is 10.1 Å². The maximum Gasteiger partial charge on any atom is 0.134 e. The molecule has 0 amide bonds. The van der Waals surface area contributed by atoms with Crippen LogP contribution in [0.25, 0.3) is 10.8 Å². The molecule has 0 fully saturated rings. The van der Waals surface area contributed by atoms with Gasteiger partial charge in [-0.25, -0.2) is 0 Å². The number of benzene rings is 3. The average molecular weight is 394 g/mol. The van der Waals surface area contributed by atoms with Crippen molar-refractivity contribution in [3.8, 4) is 5.75 Å². The summed E-state index contributed by atoms with van der Waals surface area (Å²) in [6.45, 7) is 0.858. The average Bonchev–Trinajstić information content (AvgIpc) is 2.72. The highest BCUT2D eigenvalue weighted by Gasteiger charge is 2.18. The van der Waals surface area contributed by atoms with Crippen molar-refractivity contribution in [2.75, 3.05) is 6.54 Å². The summed E-state index contributed by atoms with van der Waals surface area (Å²) in [6.07, 6.45) is 3.43. The third-order valence-electron chi connectivity index (χ3n) is 4.92. The molecule has 4 heteroatoms. The number of para-hydroxylation sites is 1. The van der Waals surface area contributed by atoms with Gasteiger partial charge in [0.1, 0.15) is 16.2 Å². The van der Waals surface area contributed by atoms with E-state index in [1.54, 1.807) is 11.8 Å². The lowest BCUT2D eigenvalue weighted by Gasteiger charge is -2.26. The van der Waals surface area contributed by atoms with E-state index in [0.717, 1.165) is 41.6 Å². The number of thioether (sulfide) groups is 1. The number of thiocarbonyl (C=S) groups is 1. The van der Waals surface area contributed by atoms with Crippen LogP contribution in [0.15, 0.2) is 66.7 Å². The van der Waals surface area contributed by atoms with Crippen LogP contribution in [0.2, 0.25) is 0 Å². The van der Waals surface area contributed by atoms with Crippen molar-refractivity contribution in [1.29, 1.82) is 0 Å². The minimum Gasteiger partial charge on any atom is -0.490 e. The largest absolute Gasteiger partial charge is 0.490 e. The molecule has 0 saturated carbocycles. The van der Waals surface area contributed by atoms with E-state index < -0.39 is 0 Å². The zero-order valence-electron chi connectivity index (χ0n) is 15.2. The summed E-state index contributed by atoms with van der Waals surface area (Å²) >= 11 is 7.18. The number of aryl methyl sites for hydroxylation is 1. The molecule has 3 aromatic rings. The Labute approximate surface area is 170 Å². The van der Waals surface area contributed by atoms with Crippen LogP contribution in [-0.2, 0) is 12.2 Å². The van der Waals surface area contributed by atoms with E-state index in [9.17, 15) is 0 Å². The van der Waals surface area contributed by atoms with E-state index in [1.165, 1.54) is 21.9 Å². The SMILES string of the molecule is S=C(NCCC1CCc2ccccc2O1)SCc1ccc2ccccc2c1. The van der Waals surface area contributed by atoms with Crippen LogP contribution >= 0.6 is 24.0 Å². The molecule has 1 N–H and O–H groups in total. The molecule has 138 valence electrons. The summed E-state index contributed by atoms with van der Waals surface area (Å²) in [6, 6.07) is 23.4. The van der Waals surface area contributed by atoms with Crippen molar-refractivity contribution in [2.24, 2.45) is 0 Å². The highest BCUT2D eigenvalue weighted by Crippen LogP contribution is 2.28. The zero-order valence-corrected chi connectivity index (χ0v) is 16.8. The fourth-order valence-electron chi connectivity index (χ4n) is 3.45. The Morgan fingerprint density at radius 1 is 1.04 bits per heavy atom. The Bertz CT molecular complexity index is 940. The smallest absolute Gasteiger partial charge is 0.134 e. The molecule has 1 heterocycles. The minimum atomic E-state index is 0.278. The number of nitrogens with one attached hydrogen (secondary N) is 1. The molecule has 0 aliphatic carbocycles. The maximum atomic E-state index is 6.09. The molecule has 27 heavy (non-hydrogen) atoms. The van der Waals surface area contributed by atoms with Gasteiger partial charge >= 0.3 is 0 Å². The fraction of sp³-hybridized carbons (Fsp3) is 0.261. The van der Waals surface area contributed by atoms with Gasteiger partial charge in [-0.3, -0.25) is 0 Å². The first-order valence-electron chi connectivity index (χ1n) is 9.41. The standard InChI is InChI=1S/C23H23NOS2/c26-23(27-16-17-9-10-18-5-1-2-7-20(18)15-17)24-14-13-21-12-11-19-6-3-4-8-22(19)25-21/h1-10,15,21H,11-14,16H2,(H,24,26). The minimum absolute atomic E-state index is 0.278. The second-order valence-corrected chi connectivity index (χ2v) is 8.51. The van der Waals surface area contributed by atoms with Gasteiger partial charge in [0.15, 0.2) is 0 Å². The molecule has 0 spiro atoms. The Morgan fingerprint density at radius 2 is 1.85 bits per heavy atom. The van der Waals surface area contributed by atoms with Gasteiger partial charge in [0, 0.05) is 18.7 Å². The molecule has 0 aromatic heterocycles. The Kier molecular flexibility index (Phi) is 5.95. The first-order valence-corrected chi connectivity index (χ1v) is 10.8. The van der Waals surface area contributed by atoms with Gasteiger partial charge in [-0.1, -0.05) is 84.6 Å². The topological polar surface area (TPSA) is 21.3 Å². The molecule has 0 bridgehead atoms. The van der Waals surface area contributed by atoms with Crippen LogP contribution in [0.5, 0.6) is 5.75 Å². The Hall–Kier alpha value is -2.04. The van der Waals surface area contributed by atoms with Gasteiger partial charge in [-0.2, -0.15) is 0 Å². The summed E-state index contributed by atoms with van der Waals surface area (Å²) in [7, 11) is 0. The normalized spacial score (nSPS) is 15.8. The van der Waals surface area contributed by atoms with Crippen molar-refractivity contribution < 1.29 is 4.74 Å². The molecule has 4 rings (SSSR count). The van der Waals surface area contributed by atoms with Crippen molar-refractivity contribution in [3.63, 3.8) is 0 Å². The molecular weight excluding hydrogens is 370 g/mol. The highest BCUT2D eigenvalue weighted by atomic mass is 32.2.